The van der Waals surface area contributed by atoms with Crippen LogP contribution in [-0.4, -0.2) is 20.4 Å². The highest BCUT2D eigenvalue weighted by Gasteiger charge is 2.31. The van der Waals surface area contributed by atoms with Gasteiger partial charge in [0.2, 0.25) is 0 Å². The number of halogens is 1. The molecule has 0 saturated heterocycles. The molecule has 28 heavy (non-hydrogen) atoms. The van der Waals surface area contributed by atoms with Gasteiger partial charge in [-0.2, -0.15) is 0 Å². The first-order valence-electron chi connectivity index (χ1n) is 8.63. The Hall–Kier alpha value is -3.55. The number of pyridine rings is 1. The van der Waals surface area contributed by atoms with Crippen LogP contribution in [0.25, 0.3) is 0 Å². The highest BCUT2D eigenvalue weighted by Crippen LogP contribution is 2.31. The molecule has 0 aliphatic carbocycles. The zero-order valence-corrected chi connectivity index (χ0v) is 15.3. The van der Waals surface area contributed by atoms with Crippen molar-refractivity contribution in [2.75, 3.05) is 4.90 Å². The number of nitrogens with zero attached hydrogens (tertiary/aromatic N) is 4. The van der Waals surface area contributed by atoms with Crippen LogP contribution >= 0.6 is 0 Å². The Kier molecular flexibility index (Phi) is 4.38. The molecule has 3 heterocycles. The number of aryl methyl sites for hydroxylation is 2. The van der Waals surface area contributed by atoms with Gasteiger partial charge in [-0.25, -0.2) is 9.37 Å². The first-order valence-corrected chi connectivity index (χ1v) is 8.63. The molecule has 3 aromatic rings. The van der Waals surface area contributed by atoms with Crippen molar-refractivity contribution in [1.82, 2.24) is 14.5 Å². The van der Waals surface area contributed by atoms with Crippen LogP contribution in [-0.2, 0) is 20.2 Å². The summed E-state index contributed by atoms with van der Waals surface area (Å²) in [6, 6.07) is 6.40. The van der Waals surface area contributed by atoms with Crippen molar-refractivity contribution in [2.45, 2.75) is 20.1 Å². The van der Waals surface area contributed by atoms with Gasteiger partial charge in [0, 0.05) is 25.0 Å². The molecule has 0 N–H and O–H groups in total. The largest absolute Gasteiger partial charge is 0.484 e. The lowest BCUT2D eigenvalue weighted by molar-refractivity contribution is 0.0995. The predicted octanol–water partition coefficient (Wildman–Crippen LogP) is 2.36. The fourth-order valence-electron chi connectivity index (χ4n) is 2.97. The molecule has 0 spiro atoms. The number of hydrogen-bond acceptors (Lipinski definition) is 5. The second-order valence-corrected chi connectivity index (χ2v) is 6.64. The van der Waals surface area contributed by atoms with E-state index in [1.54, 1.807) is 19.3 Å². The minimum absolute atomic E-state index is 0.00949. The molecule has 1 aromatic carbocycles. The van der Waals surface area contributed by atoms with Gasteiger partial charge in [0.05, 0.1) is 18.4 Å². The van der Waals surface area contributed by atoms with Gasteiger partial charge < -0.3 is 9.30 Å². The minimum Gasteiger partial charge on any atom is -0.484 e. The number of fused-ring (bicyclic) bond motifs is 1. The van der Waals surface area contributed by atoms with Crippen molar-refractivity contribution >= 4 is 11.7 Å². The summed E-state index contributed by atoms with van der Waals surface area (Å²) in [5.74, 6) is -0.548. The van der Waals surface area contributed by atoms with E-state index in [1.807, 2.05) is 13.0 Å². The van der Waals surface area contributed by atoms with Gasteiger partial charge in [-0.05, 0) is 36.2 Å². The minimum atomic E-state index is -0.547. The van der Waals surface area contributed by atoms with Crippen molar-refractivity contribution in [3.05, 3.63) is 81.4 Å². The van der Waals surface area contributed by atoms with E-state index in [0.29, 0.717) is 22.6 Å². The summed E-state index contributed by atoms with van der Waals surface area (Å²) in [5, 5.41) is 0. The quantitative estimate of drug-likeness (QED) is 0.694. The van der Waals surface area contributed by atoms with Crippen LogP contribution < -0.4 is 15.2 Å². The molecule has 4 rings (SSSR count). The number of carbonyl (C=O) groups is 1. The van der Waals surface area contributed by atoms with Gasteiger partial charge in [-0.3, -0.25) is 19.5 Å². The molecule has 7 nitrogen and oxygen atoms in total. The Bertz CT molecular complexity index is 1130. The highest BCUT2D eigenvalue weighted by atomic mass is 19.1. The number of anilines is 1. The van der Waals surface area contributed by atoms with Crippen LogP contribution in [0.1, 0.15) is 27.2 Å². The summed E-state index contributed by atoms with van der Waals surface area (Å²) >= 11 is 0. The van der Waals surface area contributed by atoms with Crippen molar-refractivity contribution in [3.8, 4) is 5.75 Å². The molecule has 2 aromatic heterocycles. The van der Waals surface area contributed by atoms with E-state index in [-0.39, 0.29) is 30.4 Å². The standard InChI is InChI=1S/C20H17FN4O3/c1-12-3-4-14(22-7-12)11-28-17-6-15-13(5-16(17)21)9-25(20(15)27)18-10-24(2)19(26)8-23-18/h3-8,10H,9,11H2,1-2H3. The van der Waals surface area contributed by atoms with Crippen LogP contribution in [0.15, 0.2) is 47.7 Å². The maximum absolute atomic E-state index is 14.4. The summed E-state index contributed by atoms with van der Waals surface area (Å²) in [6.07, 6.45) is 4.33. The first kappa shape index (κ1) is 17.8. The summed E-state index contributed by atoms with van der Waals surface area (Å²) in [5.41, 5.74) is 2.29. The fraction of sp³-hybridized carbons (Fsp3) is 0.200. The number of benzene rings is 1. The molecule has 0 saturated carbocycles. The number of ether oxygens (including phenoxy) is 1. The van der Waals surface area contributed by atoms with Crippen LogP contribution in [0.5, 0.6) is 5.75 Å². The Morgan fingerprint density at radius 3 is 2.71 bits per heavy atom. The van der Waals surface area contributed by atoms with E-state index in [0.717, 1.165) is 11.8 Å². The second kappa shape index (κ2) is 6.88. The number of carbonyl (C=O) groups excluding carboxylic acids is 1. The predicted molar refractivity (Wildman–Crippen MR) is 99.7 cm³/mol. The van der Waals surface area contributed by atoms with E-state index in [4.69, 9.17) is 4.74 Å². The van der Waals surface area contributed by atoms with Crippen molar-refractivity contribution in [1.29, 1.82) is 0 Å². The zero-order valence-electron chi connectivity index (χ0n) is 15.3. The van der Waals surface area contributed by atoms with Crippen molar-refractivity contribution in [2.24, 2.45) is 7.05 Å². The van der Waals surface area contributed by atoms with Crippen LogP contribution in [0.2, 0.25) is 0 Å². The van der Waals surface area contributed by atoms with Gasteiger partial charge in [-0.1, -0.05) is 6.07 Å². The summed E-state index contributed by atoms with van der Waals surface area (Å²) in [6.45, 7) is 2.20. The highest BCUT2D eigenvalue weighted by molar-refractivity contribution is 6.09. The number of rotatable bonds is 4. The third-order valence-corrected chi connectivity index (χ3v) is 4.55. The van der Waals surface area contributed by atoms with Gasteiger partial charge in [-0.15, -0.1) is 0 Å². The lowest BCUT2D eigenvalue weighted by Gasteiger charge is -2.14. The monoisotopic (exact) mass is 380 g/mol. The Labute approximate surface area is 160 Å². The van der Waals surface area contributed by atoms with Crippen molar-refractivity contribution < 1.29 is 13.9 Å². The van der Waals surface area contributed by atoms with E-state index >= 15 is 0 Å². The molecule has 142 valence electrons. The van der Waals surface area contributed by atoms with Gasteiger partial charge >= 0.3 is 0 Å². The van der Waals surface area contributed by atoms with E-state index < -0.39 is 5.82 Å². The van der Waals surface area contributed by atoms with E-state index in [2.05, 4.69) is 9.97 Å². The van der Waals surface area contributed by atoms with Crippen molar-refractivity contribution in [3.63, 3.8) is 0 Å². The zero-order chi connectivity index (χ0) is 19.8. The number of hydrogen-bond donors (Lipinski definition) is 0. The Balaban J connectivity index is 1.58. The molecule has 1 aliphatic rings. The molecule has 1 aliphatic heterocycles. The van der Waals surface area contributed by atoms with Gasteiger partial charge in [0.1, 0.15) is 6.61 Å². The SMILES string of the molecule is Cc1ccc(COc2cc3c(cc2F)CN(c2cn(C)c(=O)cn2)C3=O)nc1. The van der Waals surface area contributed by atoms with Crippen LogP contribution in [0.3, 0.4) is 0 Å². The number of amides is 1. The molecule has 0 unspecified atom stereocenters. The maximum Gasteiger partial charge on any atom is 0.268 e. The Morgan fingerprint density at radius 2 is 2.00 bits per heavy atom. The first-order chi connectivity index (χ1) is 13.4. The van der Waals surface area contributed by atoms with E-state index in [9.17, 15) is 14.0 Å². The number of aromatic nitrogens is 3. The summed E-state index contributed by atoms with van der Waals surface area (Å²) in [4.78, 5) is 33.9. The fourth-order valence-corrected chi connectivity index (χ4v) is 2.97. The summed E-state index contributed by atoms with van der Waals surface area (Å²) in [7, 11) is 1.58. The average Bonchev–Trinajstić information content (AvgIpc) is 2.99. The molecular formula is C20H17FN4O3. The topological polar surface area (TPSA) is 77.3 Å². The molecule has 0 atom stereocenters. The molecular weight excluding hydrogens is 363 g/mol. The van der Waals surface area contributed by atoms with E-state index in [1.165, 1.54) is 27.8 Å². The van der Waals surface area contributed by atoms with Crippen LogP contribution in [0, 0.1) is 12.7 Å². The molecule has 0 fully saturated rings. The van der Waals surface area contributed by atoms with Gasteiger partial charge in [0.15, 0.2) is 17.4 Å². The lowest BCUT2D eigenvalue weighted by atomic mass is 10.1. The van der Waals surface area contributed by atoms with Crippen LogP contribution in [0.4, 0.5) is 10.2 Å². The molecule has 0 bridgehead atoms. The molecule has 8 heteroatoms. The Morgan fingerprint density at radius 1 is 1.18 bits per heavy atom. The third-order valence-electron chi connectivity index (χ3n) is 4.55. The summed E-state index contributed by atoms with van der Waals surface area (Å²) < 4.78 is 21.3. The molecule has 0 radical (unpaired) electrons. The second-order valence-electron chi connectivity index (χ2n) is 6.64. The van der Waals surface area contributed by atoms with Gasteiger partial charge in [0.25, 0.3) is 11.5 Å². The maximum atomic E-state index is 14.4. The lowest BCUT2D eigenvalue weighted by Crippen LogP contribution is -2.27. The smallest absolute Gasteiger partial charge is 0.268 e. The average molecular weight is 380 g/mol. The third kappa shape index (κ3) is 3.24. The normalized spacial score (nSPS) is 13.0. The molecule has 1 amide bonds.